The number of sulfone groups is 1. The van der Waals surface area contributed by atoms with Crippen LogP contribution in [-0.2, 0) is 9.84 Å². The van der Waals surface area contributed by atoms with E-state index in [9.17, 15) is 26.4 Å². The Bertz CT molecular complexity index is 1480. The van der Waals surface area contributed by atoms with Crippen LogP contribution >= 0.6 is 0 Å². The molecule has 4 rings (SSSR count). The SMILES string of the molecule is CS(=O)(=O)c1cccc(-n2nccc2-c2nn(-c3ccc(OC(F)(F)F)cc3)ccc2=O)c1. The molecule has 0 radical (unpaired) electrons. The van der Waals surface area contributed by atoms with Crippen molar-refractivity contribution in [3.63, 3.8) is 0 Å². The molecule has 0 saturated carbocycles. The minimum absolute atomic E-state index is 0.00961. The van der Waals surface area contributed by atoms with Gasteiger partial charge in [0.1, 0.15) is 5.75 Å². The van der Waals surface area contributed by atoms with Crippen LogP contribution < -0.4 is 10.2 Å². The third-order valence-electron chi connectivity index (χ3n) is 4.52. The summed E-state index contributed by atoms with van der Waals surface area (Å²) in [7, 11) is -3.46. The molecule has 0 bridgehead atoms. The Morgan fingerprint density at radius 1 is 0.970 bits per heavy atom. The highest BCUT2D eigenvalue weighted by atomic mass is 32.2. The van der Waals surface area contributed by atoms with Gasteiger partial charge in [-0.2, -0.15) is 10.2 Å². The summed E-state index contributed by atoms with van der Waals surface area (Å²) in [6.07, 6.45) is -0.920. The molecule has 0 saturated heterocycles. The number of rotatable bonds is 5. The van der Waals surface area contributed by atoms with E-state index in [4.69, 9.17) is 0 Å². The van der Waals surface area contributed by atoms with Gasteiger partial charge in [0, 0.05) is 18.5 Å². The number of alkyl halides is 3. The molecule has 0 aliphatic heterocycles. The third kappa shape index (κ3) is 4.95. The zero-order chi connectivity index (χ0) is 23.8. The summed E-state index contributed by atoms with van der Waals surface area (Å²) in [6, 6.07) is 13.8. The molecular weight excluding hydrogens is 461 g/mol. The van der Waals surface area contributed by atoms with Gasteiger partial charge in [0.2, 0.25) is 5.43 Å². The van der Waals surface area contributed by atoms with Gasteiger partial charge in [-0.1, -0.05) is 6.07 Å². The van der Waals surface area contributed by atoms with E-state index in [2.05, 4.69) is 14.9 Å². The van der Waals surface area contributed by atoms with Gasteiger partial charge in [-0.25, -0.2) is 17.8 Å². The fraction of sp³-hybridized carbons (Fsp3) is 0.0952. The van der Waals surface area contributed by atoms with Crippen LogP contribution in [0, 0.1) is 0 Å². The standard InChI is InChI=1S/C21H15F3N4O4S/c1-33(30,31)17-4-2-3-15(13-17)28-18(9-11-25-28)20-19(29)10-12-27(26-20)14-5-7-16(8-6-14)32-21(22,23)24/h2-13H,1H3. The van der Waals surface area contributed by atoms with Crippen LogP contribution in [0.3, 0.4) is 0 Å². The molecule has 2 aromatic heterocycles. The first-order valence-corrected chi connectivity index (χ1v) is 11.2. The molecule has 0 N–H and O–H groups in total. The van der Waals surface area contributed by atoms with E-state index in [1.807, 2.05) is 0 Å². The lowest BCUT2D eigenvalue weighted by molar-refractivity contribution is -0.274. The minimum atomic E-state index is -4.81. The summed E-state index contributed by atoms with van der Waals surface area (Å²) >= 11 is 0. The molecule has 0 spiro atoms. The summed E-state index contributed by atoms with van der Waals surface area (Å²) in [5.41, 5.74) is 0.677. The zero-order valence-corrected chi connectivity index (χ0v) is 17.7. The zero-order valence-electron chi connectivity index (χ0n) is 16.9. The smallest absolute Gasteiger partial charge is 0.406 e. The molecule has 8 nitrogen and oxygen atoms in total. The van der Waals surface area contributed by atoms with Gasteiger partial charge < -0.3 is 4.74 Å². The van der Waals surface area contributed by atoms with Crippen molar-refractivity contribution < 1.29 is 26.3 Å². The Hall–Kier alpha value is -3.93. The van der Waals surface area contributed by atoms with Crippen molar-refractivity contribution in [3.8, 4) is 28.5 Å². The van der Waals surface area contributed by atoms with Crippen molar-refractivity contribution in [2.24, 2.45) is 0 Å². The fourth-order valence-corrected chi connectivity index (χ4v) is 3.72. The van der Waals surface area contributed by atoms with E-state index in [0.29, 0.717) is 17.1 Å². The maximum absolute atomic E-state index is 12.6. The monoisotopic (exact) mass is 476 g/mol. The minimum Gasteiger partial charge on any atom is -0.406 e. The molecule has 0 fully saturated rings. The highest BCUT2D eigenvalue weighted by Crippen LogP contribution is 2.24. The average Bonchev–Trinajstić information content (AvgIpc) is 3.23. The average molecular weight is 476 g/mol. The van der Waals surface area contributed by atoms with Gasteiger partial charge in [0.05, 0.1) is 28.2 Å². The predicted octanol–water partition coefficient (Wildman–Crippen LogP) is 3.39. The fourth-order valence-electron chi connectivity index (χ4n) is 3.06. The second-order valence-corrected chi connectivity index (χ2v) is 8.93. The Kier molecular flexibility index (Phi) is 5.54. The number of benzene rings is 2. The predicted molar refractivity (Wildman–Crippen MR) is 112 cm³/mol. The van der Waals surface area contributed by atoms with Crippen molar-refractivity contribution in [2.75, 3.05) is 6.26 Å². The number of aromatic nitrogens is 4. The number of hydrogen-bond donors (Lipinski definition) is 0. The van der Waals surface area contributed by atoms with Crippen LogP contribution in [0.15, 0.2) is 82.7 Å². The van der Waals surface area contributed by atoms with Gasteiger partial charge in [-0.15, -0.1) is 13.2 Å². The van der Waals surface area contributed by atoms with Crippen molar-refractivity contribution in [3.05, 3.63) is 83.3 Å². The molecule has 2 heterocycles. The number of halogens is 3. The molecule has 4 aromatic rings. The topological polar surface area (TPSA) is 96.1 Å². The van der Waals surface area contributed by atoms with Crippen molar-refractivity contribution in [1.82, 2.24) is 19.6 Å². The molecule has 0 aliphatic carbocycles. The Labute approximate surface area is 185 Å². The Morgan fingerprint density at radius 2 is 1.70 bits per heavy atom. The Balaban J connectivity index is 1.74. The normalized spacial score (nSPS) is 12.0. The molecule has 0 aliphatic rings. The van der Waals surface area contributed by atoms with Gasteiger partial charge in [-0.05, 0) is 48.5 Å². The molecule has 33 heavy (non-hydrogen) atoms. The largest absolute Gasteiger partial charge is 0.573 e. The first-order valence-electron chi connectivity index (χ1n) is 9.32. The molecule has 0 unspecified atom stereocenters. The van der Waals surface area contributed by atoms with Crippen LogP contribution in [0.4, 0.5) is 13.2 Å². The van der Waals surface area contributed by atoms with Crippen LogP contribution in [0.25, 0.3) is 22.8 Å². The molecular formula is C21H15F3N4O4S. The van der Waals surface area contributed by atoms with E-state index in [-0.39, 0.29) is 10.6 Å². The van der Waals surface area contributed by atoms with E-state index in [1.165, 1.54) is 52.1 Å². The van der Waals surface area contributed by atoms with E-state index in [1.54, 1.807) is 18.2 Å². The molecule has 0 amide bonds. The van der Waals surface area contributed by atoms with Crippen LogP contribution in [0.2, 0.25) is 0 Å². The Morgan fingerprint density at radius 3 is 2.36 bits per heavy atom. The first kappa shape index (κ1) is 22.3. The van der Waals surface area contributed by atoms with Crippen LogP contribution in [-0.4, -0.2) is 40.6 Å². The van der Waals surface area contributed by atoms with Gasteiger partial charge in [0.25, 0.3) is 0 Å². The summed E-state index contributed by atoms with van der Waals surface area (Å²) in [5, 5.41) is 8.49. The highest BCUT2D eigenvalue weighted by Gasteiger charge is 2.31. The number of hydrogen-bond acceptors (Lipinski definition) is 6. The van der Waals surface area contributed by atoms with Gasteiger partial charge in [0.15, 0.2) is 15.5 Å². The quantitative estimate of drug-likeness (QED) is 0.438. The van der Waals surface area contributed by atoms with Crippen LogP contribution in [0.1, 0.15) is 0 Å². The summed E-state index contributed by atoms with van der Waals surface area (Å²) in [4.78, 5) is 12.6. The first-order chi connectivity index (χ1) is 15.5. The highest BCUT2D eigenvalue weighted by molar-refractivity contribution is 7.90. The molecule has 0 atom stereocenters. The van der Waals surface area contributed by atoms with E-state index < -0.39 is 27.4 Å². The number of nitrogens with zero attached hydrogens (tertiary/aromatic N) is 4. The molecule has 2 aromatic carbocycles. The summed E-state index contributed by atoms with van der Waals surface area (Å²) in [5.74, 6) is -0.392. The van der Waals surface area contributed by atoms with Crippen molar-refractivity contribution in [1.29, 1.82) is 0 Å². The van der Waals surface area contributed by atoms with Crippen molar-refractivity contribution >= 4 is 9.84 Å². The van der Waals surface area contributed by atoms with E-state index in [0.717, 1.165) is 18.4 Å². The van der Waals surface area contributed by atoms with Crippen LogP contribution in [0.5, 0.6) is 5.75 Å². The second-order valence-electron chi connectivity index (χ2n) is 6.91. The summed E-state index contributed by atoms with van der Waals surface area (Å²) in [6.45, 7) is 0. The lowest BCUT2D eigenvalue weighted by Crippen LogP contribution is -2.17. The second kappa shape index (κ2) is 8.20. The lowest BCUT2D eigenvalue weighted by Gasteiger charge is -2.12. The lowest BCUT2D eigenvalue weighted by atomic mass is 10.2. The van der Waals surface area contributed by atoms with Crippen molar-refractivity contribution in [2.45, 2.75) is 11.3 Å². The van der Waals surface area contributed by atoms with Gasteiger partial charge in [-0.3, -0.25) is 4.79 Å². The summed E-state index contributed by atoms with van der Waals surface area (Å²) < 4.78 is 67.5. The third-order valence-corrected chi connectivity index (χ3v) is 5.63. The van der Waals surface area contributed by atoms with E-state index >= 15 is 0 Å². The number of ether oxygens (including phenoxy) is 1. The van der Waals surface area contributed by atoms with Gasteiger partial charge >= 0.3 is 6.36 Å². The maximum Gasteiger partial charge on any atom is 0.573 e. The molecule has 170 valence electrons. The molecule has 12 heteroatoms. The maximum atomic E-state index is 12.6.